The van der Waals surface area contributed by atoms with E-state index in [1.807, 2.05) is 24.5 Å². The van der Waals surface area contributed by atoms with Crippen LogP contribution in [0, 0.1) is 0 Å². The highest BCUT2D eigenvalue weighted by atomic mass is 19.4. The van der Waals surface area contributed by atoms with Gasteiger partial charge in [0.25, 0.3) is 0 Å². The number of anilines is 1. The number of pyridine rings is 2. The fourth-order valence-corrected chi connectivity index (χ4v) is 5.76. The number of nitrogens with one attached hydrogen (secondary N) is 3. The molecule has 0 unspecified atom stereocenters. The second-order valence-corrected chi connectivity index (χ2v) is 11.0. The van der Waals surface area contributed by atoms with Crippen LogP contribution in [0.2, 0.25) is 0 Å². The van der Waals surface area contributed by atoms with Gasteiger partial charge in [0.15, 0.2) is 5.82 Å². The average molecular weight is 541 g/mol. The number of piperidine rings is 2. The number of rotatable bonds is 8. The Bertz CT molecular complexity index is 1280. The number of halogens is 3. The monoisotopic (exact) mass is 540 g/mol. The van der Waals surface area contributed by atoms with Crippen molar-refractivity contribution in [3.63, 3.8) is 0 Å². The summed E-state index contributed by atoms with van der Waals surface area (Å²) in [6.45, 7) is 2.70. The molecular formula is C28H35F3N8. The van der Waals surface area contributed by atoms with Crippen LogP contribution >= 0.6 is 0 Å². The lowest BCUT2D eigenvalue weighted by Crippen LogP contribution is -2.43. The minimum Gasteiger partial charge on any atom is -0.367 e. The predicted molar refractivity (Wildman–Crippen MR) is 144 cm³/mol. The van der Waals surface area contributed by atoms with Gasteiger partial charge < -0.3 is 16.0 Å². The summed E-state index contributed by atoms with van der Waals surface area (Å²) < 4.78 is 38.2. The molecule has 0 aromatic carbocycles. The molecule has 3 aromatic rings. The summed E-state index contributed by atoms with van der Waals surface area (Å²) in [7, 11) is 0. The van der Waals surface area contributed by atoms with E-state index < -0.39 is 12.7 Å². The highest BCUT2D eigenvalue weighted by molar-refractivity contribution is 5.86. The van der Waals surface area contributed by atoms with E-state index in [9.17, 15) is 13.2 Å². The number of fused-ring (bicyclic) bond motifs is 1. The first kappa shape index (κ1) is 26.3. The first-order chi connectivity index (χ1) is 18.9. The molecule has 5 heterocycles. The maximum Gasteiger partial charge on any atom is 0.401 e. The summed E-state index contributed by atoms with van der Waals surface area (Å²) >= 11 is 0. The van der Waals surface area contributed by atoms with Gasteiger partial charge >= 0.3 is 6.18 Å². The minimum absolute atomic E-state index is 0.0739. The zero-order valence-corrected chi connectivity index (χ0v) is 22.0. The Morgan fingerprint density at radius 2 is 1.77 bits per heavy atom. The molecule has 0 bridgehead atoms. The van der Waals surface area contributed by atoms with Crippen molar-refractivity contribution in [3.8, 4) is 11.4 Å². The molecule has 2 saturated heterocycles. The van der Waals surface area contributed by atoms with Crippen LogP contribution in [-0.2, 0) is 6.54 Å². The van der Waals surface area contributed by atoms with Crippen molar-refractivity contribution in [1.29, 1.82) is 0 Å². The van der Waals surface area contributed by atoms with Crippen LogP contribution < -0.4 is 16.0 Å². The smallest absolute Gasteiger partial charge is 0.367 e. The summed E-state index contributed by atoms with van der Waals surface area (Å²) in [5, 5.41) is 11.7. The van der Waals surface area contributed by atoms with Crippen molar-refractivity contribution in [2.45, 2.75) is 69.2 Å². The quantitative estimate of drug-likeness (QED) is 0.391. The van der Waals surface area contributed by atoms with E-state index in [2.05, 4.69) is 25.9 Å². The van der Waals surface area contributed by atoms with Gasteiger partial charge in [0.2, 0.25) is 0 Å². The zero-order valence-electron chi connectivity index (χ0n) is 22.0. The molecule has 0 radical (unpaired) electrons. The van der Waals surface area contributed by atoms with Crippen LogP contribution in [0.5, 0.6) is 0 Å². The van der Waals surface area contributed by atoms with Crippen molar-refractivity contribution < 1.29 is 13.2 Å². The molecule has 1 aliphatic carbocycles. The van der Waals surface area contributed by atoms with E-state index in [4.69, 9.17) is 9.97 Å². The Morgan fingerprint density at radius 3 is 2.51 bits per heavy atom. The third-order valence-electron chi connectivity index (χ3n) is 7.99. The summed E-state index contributed by atoms with van der Waals surface area (Å²) in [5.74, 6) is 1.85. The molecule has 6 rings (SSSR count). The van der Waals surface area contributed by atoms with Crippen LogP contribution in [-0.4, -0.2) is 75.8 Å². The van der Waals surface area contributed by atoms with Crippen LogP contribution in [0.4, 0.5) is 19.0 Å². The van der Waals surface area contributed by atoms with E-state index in [-0.39, 0.29) is 6.04 Å². The summed E-state index contributed by atoms with van der Waals surface area (Å²) in [6, 6.07) is 4.38. The normalized spacial score (nSPS) is 20.0. The van der Waals surface area contributed by atoms with Gasteiger partial charge in [-0.25, -0.2) is 15.0 Å². The Morgan fingerprint density at radius 1 is 0.974 bits per heavy atom. The molecule has 8 nitrogen and oxygen atoms in total. The molecule has 0 amide bonds. The minimum atomic E-state index is -4.16. The highest BCUT2D eigenvalue weighted by Crippen LogP contribution is 2.43. The molecule has 3 aliphatic rings. The summed E-state index contributed by atoms with van der Waals surface area (Å²) in [4.78, 5) is 20.4. The van der Waals surface area contributed by atoms with Crippen molar-refractivity contribution in [3.05, 3.63) is 42.0 Å². The maximum absolute atomic E-state index is 12.7. The van der Waals surface area contributed by atoms with Crippen molar-refractivity contribution in [2.75, 3.05) is 38.0 Å². The topological polar surface area (TPSA) is 90.9 Å². The van der Waals surface area contributed by atoms with Crippen molar-refractivity contribution >= 4 is 16.7 Å². The standard InChI is InChI=1S/C28H35F3N8/c29-28(30,31)17-39-11-6-21(7-12-39)36-25-13-19(3-10-34-25)27-37-23-15-33-14-22(18-1-2-18)26(23)24(38-27)16-35-20-4-8-32-9-5-20/h3,10,13-15,18,20-21,32,35H,1-2,4-9,11-12,16-17H2,(H,34,36). The number of hydrogen-bond acceptors (Lipinski definition) is 8. The molecule has 3 aromatic heterocycles. The number of alkyl halides is 3. The van der Waals surface area contributed by atoms with E-state index in [1.54, 1.807) is 6.20 Å². The van der Waals surface area contributed by atoms with Crippen LogP contribution in [0.15, 0.2) is 30.7 Å². The molecule has 1 saturated carbocycles. The van der Waals surface area contributed by atoms with Gasteiger partial charge in [0, 0.05) is 55.1 Å². The maximum atomic E-state index is 12.7. The highest BCUT2D eigenvalue weighted by Gasteiger charge is 2.32. The number of aromatic nitrogens is 4. The van der Waals surface area contributed by atoms with Gasteiger partial charge in [0.1, 0.15) is 5.82 Å². The largest absolute Gasteiger partial charge is 0.401 e. The van der Waals surface area contributed by atoms with Gasteiger partial charge in [-0.3, -0.25) is 9.88 Å². The molecule has 3 fully saturated rings. The molecular weight excluding hydrogens is 505 g/mol. The van der Waals surface area contributed by atoms with Gasteiger partial charge in [-0.2, -0.15) is 13.2 Å². The SMILES string of the molecule is FC(F)(F)CN1CCC(Nc2cc(-c3nc(CNC4CCNCC4)c4c(C5CC5)cncc4n3)ccn2)CC1. The Hall–Kier alpha value is -2.89. The summed E-state index contributed by atoms with van der Waals surface area (Å²) in [5.41, 5.74) is 3.95. The first-order valence-electron chi connectivity index (χ1n) is 14.0. The zero-order chi connectivity index (χ0) is 26.8. The fourth-order valence-electron chi connectivity index (χ4n) is 5.76. The molecule has 3 N–H and O–H groups in total. The first-order valence-corrected chi connectivity index (χ1v) is 14.0. The van der Waals surface area contributed by atoms with Crippen LogP contribution in [0.3, 0.4) is 0 Å². The lowest BCUT2D eigenvalue weighted by Gasteiger charge is -2.32. The lowest BCUT2D eigenvalue weighted by atomic mass is 10.0. The van der Waals surface area contributed by atoms with Crippen LogP contribution in [0.1, 0.15) is 55.7 Å². The third-order valence-corrected chi connectivity index (χ3v) is 7.99. The molecule has 39 heavy (non-hydrogen) atoms. The van der Waals surface area contributed by atoms with Crippen molar-refractivity contribution in [1.82, 2.24) is 35.5 Å². The Balaban J connectivity index is 1.22. The summed E-state index contributed by atoms with van der Waals surface area (Å²) in [6.07, 6.45) is 7.20. The van der Waals surface area contributed by atoms with E-state index in [0.717, 1.165) is 48.1 Å². The molecule has 0 atom stereocenters. The second-order valence-electron chi connectivity index (χ2n) is 11.0. The second kappa shape index (κ2) is 11.3. The fraction of sp³-hybridized carbons (Fsp3) is 0.571. The van der Waals surface area contributed by atoms with Gasteiger partial charge in [-0.05, 0) is 75.2 Å². The molecule has 2 aliphatic heterocycles. The Kier molecular flexibility index (Phi) is 7.64. The number of hydrogen-bond donors (Lipinski definition) is 3. The number of nitrogens with zero attached hydrogens (tertiary/aromatic N) is 5. The van der Waals surface area contributed by atoms with E-state index >= 15 is 0 Å². The lowest BCUT2D eigenvalue weighted by molar-refractivity contribution is -0.147. The average Bonchev–Trinajstić information content (AvgIpc) is 3.78. The molecule has 0 spiro atoms. The molecule has 11 heteroatoms. The Labute approximate surface area is 226 Å². The van der Waals surface area contributed by atoms with E-state index in [0.29, 0.717) is 56.1 Å². The predicted octanol–water partition coefficient (Wildman–Crippen LogP) is 4.24. The number of likely N-dealkylation sites (tertiary alicyclic amines) is 1. The van der Waals surface area contributed by atoms with Crippen molar-refractivity contribution in [2.24, 2.45) is 0 Å². The van der Waals surface area contributed by atoms with Gasteiger partial charge in [-0.15, -0.1) is 0 Å². The molecule has 208 valence electrons. The van der Waals surface area contributed by atoms with Gasteiger partial charge in [0.05, 0.1) is 24.0 Å². The van der Waals surface area contributed by atoms with Gasteiger partial charge in [-0.1, -0.05) is 0 Å². The van der Waals surface area contributed by atoms with Crippen LogP contribution in [0.25, 0.3) is 22.3 Å². The third kappa shape index (κ3) is 6.64. The van der Waals surface area contributed by atoms with E-state index in [1.165, 1.54) is 23.3 Å².